The lowest BCUT2D eigenvalue weighted by Crippen LogP contribution is -2.37. The van der Waals surface area contributed by atoms with E-state index in [1.54, 1.807) is 7.11 Å². The summed E-state index contributed by atoms with van der Waals surface area (Å²) in [6.45, 7) is 1.63. The van der Waals surface area contributed by atoms with Gasteiger partial charge in [-0.05, 0) is 19.4 Å². The van der Waals surface area contributed by atoms with Gasteiger partial charge in [0, 0.05) is 7.11 Å². The van der Waals surface area contributed by atoms with Crippen molar-refractivity contribution in [3.63, 3.8) is 0 Å². The summed E-state index contributed by atoms with van der Waals surface area (Å²) < 4.78 is 4.93. The lowest BCUT2D eigenvalue weighted by molar-refractivity contribution is 0.158. The summed E-state index contributed by atoms with van der Waals surface area (Å²) in [5.74, 6) is 0. The summed E-state index contributed by atoms with van der Waals surface area (Å²) in [6, 6.07) is 0. The number of hydrogen-bond acceptors (Lipinski definition) is 2. The number of ether oxygens (including phenoxy) is 1. The molecule has 1 N–H and O–H groups in total. The second-order valence-electron chi connectivity index (χ2n) is 2.43. The molecule has 1 saturated heterocycles. The minimum absolute atomic E-state index is 0.255. The van der Waals surface area contributed by atoms with Crippen molar-refractivity contribution < 1.29 is 4.74 Å². The lowest BCUT2D eigenvalue weighted by Gasteiger charge is -2.19. The Morgan fingerprint density at radius 2 is 2.56 bits per heavy atom. The standard InChI is InChI=1S/C6H12ClNO/c1-9-5-6(7)3-2-4-8-6/h8H,2-5H2,1H3. The first-order valence-electron chi connectivity index (χ1n) is 3.20. The highest BCUT2D eigenvalue weighted by Crippen LogP contribution is 2.23. The molecular weight excluding hydrogens is 138 g/mol. The van der Waals surface area contributed by atoms with Gasteiger partial charge in [-0.3, -0.25) is 5.32 Å². The van der Waals surface area contributed by atoms with Gasteiger partial charge in [0.05, 0.1) is 6.61 Å². The van der Waals surface area contributed by atoms with Crippen LogP contribution in [0.25, 0.3) is 0 Å². The molecule has 0 spiro atoms. The van der Waals surface area contributed by atoms with Crippen LogP contribution in [0.4, 0.5) is 0 Å². The van der Waals surface area contributed by atoms with Crippen molar-refractivity contribution in [1.29, 1.82) is 0 Å². The van der Waals surface area contributed by atoms with Crippen LogP contribution in [0.2, 0.25) is 0 Å². The molecule has 1 heterocycles. The fraction of sp³-hybridized carbons (Fsp3) is 1.00. The molecule has 3 heteroatoms. The fourth-order valence-electron chi connectivity index (χ4n) is 1.12. The van der Waals surface area contributed by atoms with Crippen LogP contribution in [0.3, 0.4) is 0 Å². The van der Waals surface area contributed by atoms with Crippen LogP contribution in [0.15, 0.2) is 0 Å². The van der Waals surface area contributed by atoms with E-state index in [4.69, 9.17) is 16.3 Å². The first-order valence-corrected chi connectivity index (χ1v) is 3.57. The smallest absolute Gasteiger partial charge is 0.117 e. The van der Waals surface area contributed by atoms with Gasteiger partial charge in [0.1, 0.15) is 5.00 Å². The SMILES string of the molecule is COCC1(Cl)CCCN1. The van der Waals surface area contributed by atoms with Crippen LogP contribution in [-0.4, -0.2) is 25.3 Å². The normalized spacial score (nSPS) is 35.3. The van der Waals surface area contributed by atoms with Crippen molar-refractivity contribution in [2.45, 2.75) is 17.8 Å². The van der Waals surface area contributed by atoms with Crippen molar-refractivity contribution in [3.05, 3.63) is 0 Å². The average Bonchev–Trinajstić information content (AvgIpc) is 2.16. The quantitative estimate of drug-likeness (QED) is 0.467. The Balaban J connectivity index is 2.32. The highest BCUT2D eigenvalue weighted by atomic mass is 35.5. The molecule has 54 valence electrons. The van der Waals surface area contributed by atoms with E-state index in [-0.39, 0.29) is 5.00 Å². The molecule has 0 bridgehead atoms. The lowest BCUT2D eigenvalue weighted by atomic mass is 10.2. The summed E-state index contributed by atoms with van der Waals surface area (Å²) in [5, 5.41) is 3.17. The molecule has 1 rings (SSSR count). The van der Waals surface area contributed by atoms with Gasteiger partial charge in [0.15, 0.2) is 0 Å². The van der Waals surface area contributed by atoms with E-state index in [1.807, 2.05) is 0 Å². The van der Waals surface area contributed by atoms with Crippen LogP contribution >= 0.6 is 11.6 Å². The zero-order valence-electron chi connectivity index (χ0n) is 5.61. The monoisotopic (exact) mass is 149 g/mol. The molecule has 0 aromatic carbocycles. The fourth-order valence-corrected chi connectivity index (χ4v) is 1.46. The first kappa shape index (κ1) is 7.32. The topological polar surface area (TPSA) is 21.3 Å². The molecule has 1 aliphatic rings. The van der Waals surface area contributed by atoms with Gasteiger partial charge in [-0.1, -0.05) is 11.6 Å². The van der Waals surface area contributed by atoms with E-state index in [0.29, 0.717) is 6.61 Å². The van der Waals surface area contributed by atoms with E-state index >= 15 is 0 Å². The summed E-state index contributed by atoms with van der Waals surface area (Å²) in [4.78, 5) is -0.255. The predicted octanol–water partition coefficient (Wildman–Crippen LogP) is 0.951. The number of methoxy groups -OCH3 is 1. The van der Waals surface area contributed by atoms with E-state index < -0.39 is 0 Å². The third kappa shape index (κ3) is 1.81. The second kappa shape index (κ2) is 2.86. The Kier molecular flexibility index (Phi) is 2.33. The van der Waals surface area contributed by atoms with E-state index in [2.05, 4.69) is 5.32 Å². The molecule has 1 atom stereocenters. The van der Waals surface area contributed by atoms with Crippen molar-refractivity contribution in [1.82, 2.24) is 5.32 Å². The van der Waals surface area contributed by atoms with Gasteiger partial charge in [0.25, 0.3) is 0 Å². The summed E-state index contributed by atoms with van der Waals surface area (Å²) in [7, 11) is 1.67. The molecule has 1 unspecified atom stereocenters. The third-order valence-corrected chi connectivity index (χ3v) is 2.00. The molecule has 0 aliphatic carbocycles. The van der Waals surface area contributed by atoms with Crippen LogP contribution in [0.5, 0.6) is 0 Å². The minimum atomic E-state index is -0.255. The van der Waals surface area contributed by atoms with E-state index in [1.165, 1.54) is 0 Å². The summed E-state index contributed by atoms with van der Waals surface area (Å²) in [6.07, 6.45) is 2.18. The molecule has 1 aliphatic heterocycles. The molecule has 0 saturated carbocycles. The number of halogens is 1. The number of hydrogen-bond donors (Lipinski definition) is 1. The third-order valence-electron chi connectivity index (χ3n) is 1.56. The van der Waals surface area contributed by atoms with E-state index in [0.717, 1.165) is 19.4 Å². The van der Waals surface area contributed by atoms with Gasteiger partial charge in [0.2, 0.25) is 0 Å². The van der Waals surface area contributed by atoms with Crippen molar-refractivity contribution >= 4 is 11.6 Å². The molecule has 1 fully saturated rings. The molecule has 0 radical (unpaired) electrons. The van der Waals surface area contributed by atoms with Gasteiger partial charge < -0.3 is 4.74 Å². The maximum absolute atomic E-state index is 6.03. The maximum atomic E-state index is 6.03. The predicted molar refractivity (Wildman–Crippen MR) is 37.7 cm³/mol. The molecular formula is C6H12ClNO. The molecule has 2 nitrogen and oxygen atoms in total. The first-order chi connectivity index (χ1) is 4.27. The zero-order chi connectivity index (χ0) is 6.74. The summed E-state index contributed by atoms with van der Waals surface area (Å²) >= 11 is 6.03. The van der Waals surface area contributed by atoms with Gasteiger partial charge in [-0.15, -0.1) is 0 Å². The Bertz CT molecular complexity index is 91.1. The van der Waals surface area contributed by atoms with Gasteiger partial charge in [-0.2, -0.15) is 0 Å². The highest BCUT2D eigenvalue weighted by Gasteiger charge is 2.30. The minimum Gasteiger partial charge on any atom is -0.381 e. The highest BCUT2D eigenvalue weighted by molar-refractivity contribution is 6.23. The van der Waals surface area contributed by atoms with Crippen LogP contribution < -0.4 is 5.32 Å². The number of nitrogens with one attached hydrogen (secondary N) is 1. The molecule has 0 aromatic rings. The van der Waals surface area contributed by atoms with Gasteiger partial charge >= 0.3 is 0 Å². The average molecular weight is 150 g/mol. The van der Waals surface area contributed by atoms with E-state index in [9.17, 15) is 0 Å². The molecule has 9 heavy (non-hydrogen) atoms. The Labute approximate surface area is 60.5 Å². The second-order valence-corrected chi connectivity index (χ2v) is 3.15. The maximum Gasteiger partial charge on any atom is 0.117 e. The summed E-state index contributed by atoms with van der Waals surface area (Å²) in [5.41, 5.74) is 0. The molecule has 0 aromatic heterocycles. The van der Waals surface area contributed by atoms with Crippen LogP contribution in [0.1, 0.15) is 12.8 Å². The largest absolute Gasteiger partial charge is 0.381 e. The van der Waals surface area contributed by atoms with Crippen LogP contribution in [0, 0.1) is 0 Å². The Hall–Kier alpha value is 0.210. The number of alkyl halides is 1. The van der Waals surface area contributed by atoms with Crippen molar-refractivity contribution in [3.8, 4) is 0 Å². The van der Waals surface area contributed by atoms with Gasteiger partial charge in [-0.25, -0.2) is 0 Å². The number of rotatable bonds is 2. The Morgan fingerprint density at radius 1 is 1.78 bits per heavy atom. The molecule has 0 amide bonds. The van der Waals surface area contributed by atoms with Crippen molar-refractivity contribution in [2.75, 3.05) is 20.3 Å². The zero-order valence-corrected chi connectivity index (χ0v) is 6.37. The van der Waals surface area contributed by atoms with Crippen molar-refractivity contribution in [2.24, 2.45) is 0 Å². The Morgan fingerprint density at radius 3 is 3.00 bits per heavy atom. The van der Waals surface area contributed by atoms with Crippen LogP contribution in [-0.2, 0) is 4.74 Å².